The molecule has 0 saturated heterocycles. The first-order valence-electron chi connectivity index (χ1n) is 29.8. The third-order valence-electron chi connectivity index (χ3n) is 17.8. The maximum absolute atomic E-state index is 5.70. The number of hydrogen-bond donors (Lipinski definition) is 0. The number of thiophene rings is 2. The summed E-state index contributed by atoms with van der Waals surface area (Å²) in [6.45, 7) is 0. The van der Waals surface area contributed by atoms with Crippen LogP contribution in [0.2, 0.25) is 0 Å². The number of para-hydroxylation sites is 2. The van der Waals surface area contributed by atoms with E-state index in [2.05, 4.69) is 269 Å². The SMILES string of the molecule is c1ccc(-c2cc(-n3c4ccccc4c4c5c(ccn5-c5ccccc5)c5c6ccccc6sc5c43)nc(-c3cccc(-c4ccc5c(c4)c4c6ccccc6sc4c4c5c5ccncc5n4-c4nc(-c5ccccc5)cc(-c5ccccc5)n4)c3)n2)cc1. The highest BCUT2D eigenvalue weighted by molar-refractivity contribution is 7.27. The van der Waals surface area contributed by atoms with Crippen LogP contribution in [-0.4, -0.2) is 38.6 Å². The van der Waals surface area contributed by atoms with Crippen molar-refractivity contribution < 1.29 is 0 Å². The zero-order valence-corrected chi connectivity index (χ0v) is 49.1. The van der Waals surface area contributed by atoms with Crippen molar-refractivity contribution in [3.05, 3.63) is 279 Å². The van der Waals surface area contributed by atoms with Crippen LogP contribution in [0.25, 0.3) is 179 Å². The van der Waals surface area contributed by atoms with E-state index in [9.17, 15) is 0 Å². The van der Waals surface area contributed by atoms with E-state index >= 15 is 0 Å². The molecule has 414 valence electrons. The van der Waals surface area contributed by atoms with Crippen molar-refractivity contribution >= 4 is 128 Å². The molecule has 0 aliphatic rings. The van der Waals surface area contributed by atoms with Crippen molar-refractivity contribution in [3.8, 4) is 73.7 Å². The van der Waals surface area contributed by atoms with Crippen LogP contribution in [0, 0.1) is 0 Å². The van der Waals surface area contributed by atoms with Crippen molar-refractivity contribution in [1.29, 1.82) is 0 Å². The number of pyridine rings is 1. The molecule has 19 rings (SSSR count). The van der Waals surface area contributed by atoms with Gasteiger partial charge >= 0.3 is 0 Å². The van der Waals surface area contributed by atoms with Crippen molar-refractivity contribution in [1.82, 2.24) is 38.6 Å². The molecular weight excluding hydrogens is 1130 g/mol. The Balaban J connectivity index is 0.833. The zero-order valence-electron chi connectivity index (χ0n) is 47.5. The summed E-state index contributed by atoms with van der Waals surface area (Å²) in [7, 11) is 0. The Bertz CT molecular complexity index is 6040. The number of hydrogen-bond acceptors (Lipinski definition) is 7. The number of nitrogens with zero attached hydrogens (tertiary/aromatic N) is 8. The minimum Gasteiger partial charge on any atom is -0.316 e. The van der Waals surface area contributed by atoms with Crippen molar-refractivity contribution in [3.63, 3.8) is 0 Å². The van der Waals surface area contributed by atoms with Crippen LogP contribution in [0.3, 0.4) is 0 Å². The fraction of sp³-hybridized carbons (Fsp3) is 0. The molecule has 0 aliphatic heterocycles. The van der Waals surface area contributed by atoms with Crippen LogP contribution in [0.5, 0.6) is 0 Å². The quantitative estimate of drug-likeness (QED) is 0.151. The predicted molar refractivity (Wildman–Crippen MR) is 371 cm³/mol. The van der Waals surface area contributed by atoms with E-state index in [1.54, 1.807) is 0 Å². The lowest BCUT2D eigenvalue weighted by Gasteiger charge is -2.14. The van der Waals surface area contributed by atoms with Crippen LogP contribution >= 0.6 is 22.7 Å². The van der Waals surface area contributed by atoms with Gasteiger partial charge in [-0.1, -0.05) is 194 Å². The summed E-state index contributed by atoms with van der Waals surface area (Å²) >= 11 is 3.68. The van der Waals surface area contributed by atoms with Gasteiger partial charge in [0.05, 0.1) is 60.3 Å². The van der Waals surface area contributed by atoms with Crippen LogP contribution in [-0.2, 0) is 0 Å². The fourth-order valence-corrected chi connectivity index (χ4v) is 16.4. The Morgan fingerprint density at radius 1 is 0.315 bits per heavy atom. The summed E-state index contributed by atoms with van der Waals surface area (Å²) in [6.07, 6.45) is 6.11. The summed E-state index contributed by atoms with van der Waals surface area (Å²) in [4.78, 5) is 26.8. The first-order chi connectivity index (χ1) is 44.1. The molecule has 0 atom stereocenters. The standard InChI is InChI=1S/C79H46N8S2/c1-5-20-47(21-6-1)61-44-62(48-22-7-2-8-23-48)83-79(82-61)87-65-46-80-40-38-56(65)69-54-37-36-51(43-60(54)71-58-32-15-18-35-67(58)89-77(71)74(69)87)50-26-19-27-52(42-50)78-81-63(49-24-9-3-10-25-49)45-68(84-78)86-64-33-16-13-30-55(64)72-73-59(39-41-85(73)53-28-11-4-12-29-53)70-57-31-14-17-34-66(57)88-76(70)75(72)86/h1-46H. The minimum atomic E-state index is 0.591. The van der Waals surface area contributed by atoms with Gasteiger partial charge in [0, 0.05) is 104 Å². The molecule has 8 nitrogen and oxygen atoms in total. The van der Waals surface area contributed by atoms with Crippen molar-refractivity contribution in [2.75, 3.05) is 0 Å². The average Bonchev–Trinajstić information content (AvgIpc) is 1.57. The average molecular weight is 1170 g/mol. The molecule has 0 aliphatic carbocycles. The van der Waals surface area contributed by atoms with Gasteiger partial charge in [-0.2, -0.15) is 0 Å². The van der Waals surface area contributed by atoms with Crippen LogP contribution in [0.4, 0.5) is 0 Å². The summed E-state index contributed by atoms with van der Waals surface area (Å²) < 4.78 is 11.9. The summed E-state index contributed by atoms with van der Waals surface area (Å²) in [5.74, 6) is 2.03. The lowest BCUT2D eigenvalue weighted by Crippen LogP contribution is -2.04. The molecule has 0 spiro atoms. The van der Waals surface area contributed by atoms with Gasteiger partial charge in [0.2, 0.25) is 5.95 Å². The predicted octanol–water partition coefficient (Wildman–Crippen LogP) is 21.0. The molecule has 0 unspecified atom stereocenters. The number of rotatable bonds is 8. The largest absolute Gasteiger partial charge is 0.316 e. The highest BCUT2D eigenvalue weighted by Crippen LogP contribution is 2.51. The maximum atomic E-state index is 5.70. The number of aromatic nitrogens is 8. The lowest BCUT2D eigenvalue weighted by molar-refractivity contribution is 0.995. The van der Waals surface area contributed by atoms with E-state index in [1.807, 2.05) is 47.2 Å². The van der Waals surface area contributed by atoms with Gasteiger partial charge in [-0.3, -0.25) is 14.1 Å². The van der Waals surface area contributed by atoms with Crippen LogP contribution in [0.1, 0.15) is 0 Å². The molecule has 0 saturated carbocycles. The fourth-order valence-electron chi connectivity index (χ4n) is 13.9. The normalized spacial score (nSPS) is 12.0. The molecule has 89 heavy (non-hydrogen) atoms. The summed E-state index contributed by atoms with van der Waals surface area (Å²) in [6, 6.07) is 93.0. The van der Waals surface area contributed by atoms with E-state index in [-0.39, 0.29) is 0 Å². The van der Waals surface area contributed by atoms with Gasteiger partial charge in [0.1, 0.15) is 5.82 Å². The molecule has 0 amide bonds. The second-order valence-corrected chi connectivity index (χ2v) is 24.8. The highest BCUT2D eigenvalue weighted by Gasteiger charge is 2.28. The number of fused-ring (bicyclic) bond motifs is 20. The highest BCUT2D eigenvalue weighted by atomic mass is 32.1. The second kappa shape index (κ2) is 19.5. The Kier molecular flexibility index (Phi) is 10.9. The Labute approximate surface area is 516 Å². The molecule has 0 N–H and O–H groups in total. The third kappa shape index (κ3) is 7.61. The van der Waals surface area contributed by atoms with Gasteiger partial charge in [0.25, 0.3) is 0 Å². The first kappa shape index (κ1) is 49.8. The van der Waals surface area contributed by atoms with E-state index in [1.165, 1.54) is 57.3 Å². The second-order valence-electron chi connectivity index (χ2n) is 22.7. The Hall–Kier alpha value is -11.4. The van der Waals surface area contributed by atoms with E-state index in [4.69, 9.17) is 24.9 Å². The van der Waals surface area contributed by atoms with Gasteiger partial charge in [-0.15, -0.1) is 22.7 Å². The van der Waals surface area contributed by atoms with Crippen molar-refractivity contribution in [2.45, 2.75) is 0 Å². The Morgan fingerprint density at radius 2 is 0.865 bits per heavy atom. The minimum absolute atomic E-state index is 0.591. The van der Waals surface area contributed by atoms with E-state index in [0.29, 0.717) is 11.8 Å². The molecule has 10 heteroatoms. The van der Waals surface area contributed by atoms with E-state index < -0.39 is 0 Å². The molecule has 8 aromatic heterocycles. The maximum Gasteiger partial charge on any atom is 0.235 e. The molecule has 11 aromatic carbocycles. The molecule has 19 aromatic rings. The molecule has 0 radical (unpaired) electrons. The molecule has 0 bridgehead atoms. The molecular formula is C79H46N8S2. The first-order valence-corrected chi connectivity index (χ1v) is 31.4. The van der Waals surface area contributed by atoms with Gasteiger partial charge < -0.3 is 4.57 Å². The zero-order chi connectivity index (χ0) is 58.3. The summed E-state index contributed by atoms with van der Waals surface area (Å²) in [5, 5.41) is 13.0. The Morgan fingerprint density at radius 3 is 1.55 bits per heavy atom. The van der Waals surface area contributed by atoms with Crippen LogP contribution < -0.4 is 0 Å². The third-order valence-corrected chi connectivity index (χ3v) is 20.1. The van der Waals surface area contributed by atoms with Crippen molar-refractivity contribution in [2.24, 2.45) is 0 Å². The monoisotopic (exact) mass is 1170 g/mol. The molecule has 8 heterocycles. The van der Waals surface area contributed by atoms with Gasteiger partial charge in [-0.25, -0.2) is 19.9 Å². The summed E-state index contributed by atoms with van der Waals surface area (Å²) in [5.41, 5.74) is 15.1. The van der Waals surface area contributed by atoms with Gasteiger partial charge in [0.15, 0.2) is 5.82 Å². The lowest BCUT2D eigenvalue weighted by atomic mass is 9.94. The van der Waals surface area contributed by atoms with Gasteiger partial charge in [-0.05, 0) is 82.6 Å². The topological polar surface area (TPSA) is 79.2 Å². The molecule has 0 fully saturated rings. The smallest absolute Gasteiger partial charge is 0.235 e. The van der Waals surface area contributed by atoms with E-state index in [0.717, 1.165) is 110 Å². The number of benzene rings is 11. The van der Waals surface area contributed by atoms with Crippen LogP contribution in [0.15, 0.2) is 279 Å².